The van der Waals surface area contributed by atoms with E-state index in [1.54, 1.807) is 13.8 Å². The van der Waals surface area contributed by atoms with Crippen LogP contribution in [-0.4, -0.2) is 11.9 Å². The van der Waals surface area contributed by atoms with Crippen LogP contribution in [0.25, 0.3) is 0 Å². The average molecular weight is 224 g/mol. The van der Waals surface area contributed by atoms with Gasteiger partial charge in [0.25, 0.3) is 0 Å². The van der Waals surface area contributed by atoms with Crippen LogP contribution in [0, 0.1) is 0 Å². The van der Waals surface area contributed by atoms with E-state index in [-0.39, 0.29) is 0 Å². The van der Waals surface area contributed by atoms with Crippen LogP contribution in [-0.2, 0) is 19.1 Å². The molecule has 0 aliphatic carbocycles. The van der Waals surface area contributed by atoms with Gasteiger partial charge in [-0.15, -0.1) is 0 Å². The smallest absolute Gasteiger partial charge is 0.339 e. The first-order valence-corrected chi connectivity index (χ1v) is 5.35. The zero-order chi connectivity index (χ0) is 12.3. The highest BCUT2D eigenvalue weighted by atomic mass is 16.6. The topological polar surface area (TPSA) is 52.6 Å². The summed E-state index contributed by atoms with van der Waals surface area (Å²) in [5, 5.41) is 0. The van der Waals surface area contributed by atoms with Gasteiger partial charge in [-0.1, -0.05) is 13.8 Å². The van der Waals surface area contributed by atoms with Gasteiger partial charge >= 0.3 is 11.9 Å². The Balaban J connectivity index is 3.22. The van der Waals surface area contributed by atoms with E-state index in [1.807, 2.05) is 13.8 Å². The summed E-state index contributed by atoms with van der Waals surface area (Å²) in [5.74, 6) is -0.236. The van der Waals surface area contributed by atoms with Crippen molar-refractivity contribution < 1.29 is 19.1 Å². The molecule has 0 aromatic rings. The molecule has 16 heavy (non-hydrogen) atoms. The van der Waals surface area contributed by atoms with Crippen molar-refractivity contribution in [3.63, 3.8) is 0 Å². The minimum absolute atomic E-state index is 0.333. The third-order valence-corrected chi connectivity index (χ3v) is 2.55. The summed E-state index contributed by atoms with van der Waals surface area (Å²) >= 11 is 0. The molecule has 88 valence electrons. The van der Waals surface area contributed by atoms with E-state index in [4.69, 9.17) is 9.47 Å². The maximum Gasteiger partial charge on any atom is 0.339 e. The van der Waals surface area contributed by atoms with Crippen LogP contribution < -0.4 is 0 Å². The maximum atomic E-state index is 11.7. The Hall–Kier alpha value is -1.58. The van der Waals surface area contributed by atoms with Crippen molar-refractivity contribution in [3.05, 3.63) is 22.7 Å². The molecule has 0 amide bonds. The molecule has 1 aliphatic heterocycles. The Morgan fingerprint density at radius 3 is 1.38 bits per heavy atom. The number of esters is 2. The molecule has 0 radical (unpaired) electrons. The molecule has 0 atom stereocenters. The van der Waals surface area contributed by atoms with E-state index in [0.717, 1.165) is 0 Å². The Bertz CT molecular complexity index is 352. The SMILES string of the molecule is CC/C1=C(\CC)C(=O)O/C(C)=C(/C)OC1=O. The predicted octanol–water partition coefficient (Wildman–Crippen LogP) is 2.45. The number of ether oxygens (including phenoxy) is 2. The molecule has 0 unspecified atom stereocenters. The van der Waals surface area contributed by atoms with Gasteiger partial charge in [-0.25, -0.2) is 9.59 Å². The van der Waals surface area contributed by atoms with Crippen molar-refractivity contribution in [2.45, 2.75) is 40.5 Å². The van der Waals surface area contributed by atoms with Crippen LogP contribution >= 0.6 is 0 Å². The second-order valence-electron chi connectivity index (χ2n) is 3.56. The fraction of sp³-hybridized carbons (Fsp3) is 0.500. The van der Waals surface area contributed by atoms with E-state index in [1.165, 1.54) is 0 Å². The van der Waals surface area contributed by atoms with E-state index in [2.05, 4.69) is 0 Å². The monoisotopic (exact) mass is 224 g/mol. The summed E-state index contributed by atoms with van der Waals surface area (Å²) in [6, 6.07) is 0. The van der Waals surface area contributed by atoms with Gasteiger partial charge in [0.05, 0.1) is 0 Å². The van der Waals surface area contributed by atoms with Crippen molar-refractivity contribution in [1.82, 2.24) is 0 Å². The highest BCUT2D eigenvalue weighted by Crippen LogP contribution is 2.22. The first-order valence-electron chi connectivity index (χ1n) is 5.35. The van der Waals surface area contributed by atoms with Crippen LogP contribution in [0.4, 0.5) is 0 Å². The quantitative estimate of drug-likeness (QED) is 0.676. The lowest BCUT2D eigenvalue weighted by Crippen LogP contribution is -2.19. The minimum atomic E-state index is -0.451. The summed E-state index contributed by atoms with van der Waals surface area (Å²) in [7, 11) is 0. The van der Waals surface area contributed by atoms with Crippen LogP contribution in [0.15, 0.2) is 22.7 Å². The number of carbonyl (C=O) groups excluding carboxylic acids is 2. The largest absolute Gasteiger partial charge is 0.424 e. The van der Waals surface area contributed by atoms with E-state index in [0.29, 0.717) is 35.5 Å². The number of hydrogen-bond acceptors (Lipinski definition) is 4. The molecule has 1 aliphatic rings. The Morgan fingerprint density at radius 1 is 0.812 bits per heavy atom. The predicted molar refractivity (Wildman–Crippen MR) is 58.2 cm³/mol. The fourth-order valence-electron chi connectivity index (χ4n) is 1.51. The second-order valence-corrected chi connectivity index (χ2v) is 3.56. The molecule has 0 saturated heterocycles. The van der Waals surface area contributed by atoms with Crippen molar-refractivity contribution in [3.8, 4) is 0 Å². The van der Waals surface area contributed by atoms with Crippen molar-refractivity contribution in [1.29, 1.82) is 0 Å². The van der Waals surface area contributed by atoms with Gasteiger partial charge in [0.15, 0.2) is 0 Å². The summed E-state index contributed by atoms with van der Waals surface area (Å²) in [6.07, 6.45) is 0.923. The molecule has 0 fully saturated rings. The van der Waals surface area contributed by atoms with Crippen LogP contribution in [0.5, 0.6) is 0 Å². The van der Waals surface area contributed by atoms with Gasteiger partial charge in [0.2, 0.25) is 0 Å². The Kier molecular flexibility index (Phi) is 3.88. The minimum Gasteiger partial charge on any atom is -0.424 e. The lowest BCUT2D eigenvalue weighted by molar-refractivity contribution is -0.141. The highest BCUT2D eigenvalue weighted by Gasteiger charge is 2.25. The van der Waals surface area contributed by atoms with Crippen LogP contribution in [0.1, 0.15) is 40.5 Å². The molecule has 0 saturated carbocycles. The van der Waals surface area contributed by atoms with Crippen molar-refractivity contribution >= 4 is 11.9 Å². The number of cyclic esters (lactones) is 2. The summed E-state index contributed by atoms with van der Waals surface area (Å²) in [5.41, 5.74) is 0.804. The van der Waals surface area contributed by atoms with Gasteiger partial charge < -0.3 is 9.47 Å². The second kappa shape index (κ2) is 4.96. The van der Waals surface area contributed by atoms with E-state index >= 15 is 0 Å². The molecule has 4 heteroatoms. The molecule has 0 aromatic heterocycles. The van der Waals surface area contributed by atoms with Crippen LogP contribution in [0.3, 0.4) is 0 Å². The number of allylic oxidation sites excluding steroid dienone is 2. The lowest BCUT2D eigenvalue weighted by atomic mass is 10.0. The summed E-state index contributed by atoms with van der Waals surface area (Å²) in [6.45, 7) is 6.83. The molecule has 0 spiro atoms. The number of rotatable bonds is 2. The first kappa shape index (κ1) is 12.5. The number of hydrogen-bond donors (Lipinski definition) is 0. The highest BCUT2D eigenvalue weighted by molar-refractivity contribution is 6.01. The Labute approximate surface area is 94.9 Å². The fourth-order valence-corrected chi connectivity index (χ4v) is 1.51. The van der Waals surface area contributed by atoms with Gasteiger partial charge in [-0.3, -0.25) is 0 Å². The molecular formula is C12H16O4. The normalized spacial score (nSPS) is 27.0. The average Bonchev–Trinajstić information content (AvgIpc) is 2.23. The third-order valence-electron chi connectivity index (χ3n) is 2.55. The molecule has 0 N–H and O–H groups in total. The summed E-state index contributed by atoms with van der Waals surface area (Å²) in [4.78, 5) is 23.5. The molecule has 0 aromatic carbocycles. The lowest BCUT2D eigenvalue weighted by Gasteiger charge is -2.17. The third kappa shape index (κ3) is 2.32. The Morgan fingerprint density at radius 2 is 1.12 bits per heavy atom. The van der Waals surface area contributed by atoms with Gasteiger partial charge in [-0.05, 0) is 26.7 Å². The molecule has 1 heterocycles. The molecular weight excluding hydrogens is 208 g/mol. The van der Waals surface area contributed by atoms with Gasteiger partial charge in [0.1, 0.15) is 11.5 Å². The van der Waals surface area contributed by atoms with Crippen LogP contribution in [0.2, 0.25) is 0 Å². The standard InChI is InChI=1S/C12H16O4/c1-5-9-10(6-2)12(14)16-8(4)7(3)15-11(9)13/h5-6H2,1-4H3/b8-7-,10-9-. The molecule has 4 nitrogen and oxygen atoms in total. The molecule has 0 bridgehead atoms. The van der Waals surface area contributed by atoms with Gasteiger partial charge in [-0.2, -0.15) is 0 Å². The van der Waals surface area contributed by atoms with Crippen molar-refractivity contribution in [2.75, 3.05) is 0 Å². The zero-order valence-corrected chi connectivity index (χ0v) is 10.0. The number of carbonyl (C=O) groups is 2. The van der Waals surface area contributed by atoms with E-state index < -0.39 is 11.9 Å². The maximum absolute atomic E-state index is 11.7. The zero-order valence-electron chi connectivity index (χ0n) is 10.0. The first-order chi connectivity index (χ1) is 7.51. The molecule has 1 rings (SSSR count). The van der Waals surface area contributed by atoms with E-state index in [9.17, 15) is 9.59 Å². The van der Waals surface area contributed by atoms with Gasteiger partial charge in [0, 0.05) is 11.1 Å². The van der Waals surface area contributed by atoms with Crippen molar-refractivity contribution in [2.24, 2.45) is 0 Å². The summed E-state index contributed by atoms with van der Waals surface area (Å²) < 4.78 is 10.2.